The van der Waals surface area contributed by atoms with Gasteiger partial charge in [0.2, 0.25) is 5.91 Å². The third-order valence-electron chi connectivity index (χ3n) is 2.86. The Morgan fingerprint density at radius 2 is 1.69 bits per heavy atom. The van der Waals surface area contributed by atoms with E-state index in [4.69, 9.17) is 0 Å². The van der Waals surface area contributed by atoms with E-state index in [0.717, 1.165) is 25.6 Å². The fourth-order valence-corrected chi connectivity index (χ4v) is 1.41. The SMILES string of the molecule is CCC(CC)CNCCNC(=O)C(C)(C)C. The molecule has 3 heteroatoms. The van der Waals surface area contributed by atoms with E-state index in [-0.39, 0.29) is 11.3 Å². The third-order valence-corrected chi connectivity index (χ3v) is 2.86. The van der Waals surface area contributed by atoms with Gasteiger partial charge in [0.1, 0.15) is 0 Å². The molecule has 0 saturated heterocycles. The highest BCUT2D eigenvalue weighted by Crippen LogP contribution is 2.11. The van der Waals surface area contributed by atoms with Crippen molar-refractivity contribution >= 4 is 5.91 Å². The monoisotopic (exact) mass is 228 g/mol. The van der Waals surface area contributed by atoms with Gasteiger partial charge in [-0.15, -0.1) is 0 Å². The van der Waals surface area contributed by atoms with Gasteiger partial charge in [0.25, 0.3) is 0 Å². The van der Waals surface area contributed by atoms with Crippen molar-refractivity contribution in [3.05, 3.63) is 0 Å². The highest BCUT2D eigenvalue weighted by atomic mass is 16.2. The molecule has 0 saturated carbocycles. The lowest BCUT2D eigenvalue weighted by Crippen LogP contribution is -2.39. The van der Waals surface area contributed by atoms with Crippen molar-refractivity contribution in [3.8, 4) is 0 Å². The molecule has 0 aromatic carbocycles. The first-order chi connectivity index (χ1) is 7.41. The minimum absolute atomic E-state index is 0.122. The molecule has 0 aromatic heterocycles. The normalized spacial score (nSPS) is 11.9. The van der Waals surface area contributed by atoms with Crippen LogP contribution in [0.25, 0.3) is 0 Å². The number of rotatable bonds is 7. The molecule has 0 unspecified atom stereocenters. The molecule has 96 valence electrons. The first kappa shape index (κ1) is 15.4. The number of carbonyl (C=O) groups is 1. The summed E-state index contributed by atoms with van der Waals surface area (Å²) in [6.45, 7) is 12.9. The van der Waals surface area contributed by atoms with Crippen LogP contribution in [0.3, 0.4) is 0 Å². The van der Waals surface area contributed by atoms with Crippen LogP contribution in [0.1, 0.15) is 47.5 Å². The molecule has 3 nitrogen and oxygen atoms in total. The highest BCUT2D eigenvalue weighted by molar-refractivity contribution is 5.81. The van der Waals surface area contributed by atoms with E-state index in [1.165, 1.54) is 12.8 Å². The van der Waals surface area contributed by atoms with Crippen LogP contribution in [0.15, 0.2) is 0 Å². The summed E-state index contributed by atoms with van der Waals surface area (Å²) >= 11 is 0. The number of carbonyl (C=O) groups excluding carboxylic acids is 1. The van der Waals surface area contributed by atoms with Gasteiger partial charge in [0, 0.05) is 18.5 Å². The second-order valence-electron chi connectivity index (χ2n) is 5.39. The molecule has 0 radical (unpaired) electrons. The maximum Gasteiger partial charge on any atom is 0.225 e. The predicted molar refractivity (Wildman–Crippen MR) is 69.4 cm³/mol. The Bertz CT molecular complexity index is 193. The lowest BCUT2D eigenvalue weighted by Gasteiger charge is -2.18. The Balaban J connectivity index is 3.51. The summed E-state index contributed by atoms with van der Waals surface area (Å²) in [7, 11) is 0. The standard InChI is InChI=1S/C13H28N2O/c1-6-11(7-2)10-14-8-9-15-12(16)13(3,4)5/h11,14H,6-10H2,1-5H3,(H,15,16). The van der Waals surface area contributed by atoms with Gasteiger partial charge in [-0.3, -0.25) is 4.79 Å². The predicted octanol–water partition coefficient (Wildman–Crippen LogP) is 2.17. The van der Waals surface area contributed by atoms with Gasteiger partial charge in [-0.25, -0.2) is 0 Å². The molecule has 0 aliphatic heterocycles. The molecule has 0 spiro atoms. The molecule has 0 fully saturated rings. The van der Waals surface area contributed by atoms with Gasteiger partial charge in [-0.1, -0.05) is 47.5 Å². The number of nitrogens with one attached hydrogen (secondary N) is 2. The second kappa shape index (κ2) is 7.66. The van der Waals surface area contributed by atoms with Gasteiger partial charge in [-0.2, -0.15) is 0 Å². The molecule has 16 heavy (non-hydrogen) atoms. The van der Waals surface area contributed by atoms with Crippen LogP contribution in [0.5, 0.6) is 0 Å². The maximum atomic E-state index is 11.5. The zero-order valence-electron chi connectivity index (χ0n) is 11.5. The highest BCUT2D eigenvalue weighted by Gasteiger charge is 2.20. The first-order valence-corrected chi connectivity index (χ1v) is 6.40. The van der Waals surface area contributed by atoms with Crippen LogP contribution >= 0.6 is 0 Å². The second-order valence-corrected chi connectivity index (χ2v) is 5.39. The maximum absolute atomic E-state index is 11.5. The van der Waals surface area contributed by atoms with Crippen molar-refractivity contribution in [1.29, 1.82) is 0 Å². The van der Waals surface area contributed by atoms with Gasteiger partial charge in [0.15, 0.2) is 0 Å². The molecule has 1 amide bonds. The first-order valence-electron chi connectivity index (χ1n) is 6.40. The molecular weight excluding hydrogens is 200 g/mol. The van der Waals surface area contributed by atoms with E-state index in [1.54, 1.807) is 0 Å². The summed E-state index contributed by atoms with van der Waals surface area (Å²) in [5, 5.41) is 6.31. The molecule has 0 heterocycles. The van der Waals surface area contributed by atoms with E-state index in [1.807, 2.05) is 20.8 Å². The number of amides is 1. The molecule has 0 aliphatic rings. The Morgan fingerprint density at radius 1 is 1.12 bits per heavy atom. The largest absolute Gasteiger partial charge is 0.354 e. The molecule has 0 aromatic rings. The van der Waals surface area contributed by atoms with Gasteiger partial charge < -0.3 is 10.6 Å². The van der Waals surface area contributed by atoms with E-state index in [9.17, 15) is 4.79 Å². The lowest BCUT2D eigenvalue weighted by molar-refractivity contribution is -0.128. The Kier molecular flexibility index (Phi) is 7.39. The zero-order valence-corrected chi connectivity index (χ0v) is 11.5. The third kappa shape index (κ3) is 6.83. The van der Waals surface area contributed by atoms with Crippen molar-refractivity contribution in [1.82, 2.24) is 10.6 Å². The molecule has 0 rings (SSSR count). The summed E-state index contributed by atoms with van der Waals surface area (Å²) < 4.78 is 0. The quantitative estimate of drug-likeness (QED) is 0.656. The molecular formula is C13H28N2O. The summed E-state index contributed by atoms with van der Waals surface area (Å²) in [5.74, 6) is 0.884. The van der Waals surface area contributed by atoms with Crippen LogP contribution in [-0.4, -0.2) is 25.5 Å². The van der Waals surface area contributed by atoms with E-state index in [0.29, 0.717) is 0 Å². The topological polar surface area (TPSA) is 41.1 Å². The van der Waals surface area contributed by atoms with Crippen LogP contribution < -0.4 is 10.6 Å². The molecule has 2 N–H and O–H groups in total. The minimum atomic E-state index is -0.282. The smallest absolute Gasteiger partial charge is 0.225 e. The summed E-state index contributed by atoms with van der Waals surface area (Å²) in [6.07, 6.45) is 2.44. The summed E-state index contributed by atoms with van der Waals surface area (Å²) in [6, 6.07) is 0. The van der Waals surface area contributed by atoms with Gasteiger partial charge >= 0.3 is 0 Å². The van der Waals surface area contributed by atoms with Crippen LogP contribution in [0.4, 0.5) is 0 Å². The average molecular weight is 228 g/mol. The lowest BCUT2D eigenvalue weighted by atomic mass is 9.96. The Morgan fingerprint density at radius 3 is 2.12 bits per heavy atom. The fraction of sp³-hybridized carbons (Fsp3) is 0.923. The Labute approximate surface area is 100 Å². The van der Waals surface area contributed by atoms with E-state index < -0.39 is 0 Å². The molecule has 0 bridgehead atoms. The average Bonchev–Trinajstić information content (AvgIpc) is 2.21. The van der Waals surface area contributed by atoms with Crippen LogP contribution in [0.2, 0.25) is 0 Å². The number of hydrogen-bond donors (Lipinski definition) is 2. The fourth-order valence-electron chi connectivity index (χ4n) is 1.41. The molecule has 0 atom stereocenters. The summed E-state index contributed by atoms with van der Waals surface area (Å²) in [5.41, 5.74) is -0.282. The van der Waals surface area contributed by atoms with Crippen molar-refractivity contribution in [3.63, 3.8) is 0 Å². The van der Waals surface area contributed by atoms with E-state index >= 15 is 0 Å². The summed E-state index contributed by atoms with van der Waals surface area (Å²) in [4.78, 5) is 11.5. The van der Waals surface area contributed by atoms with Crippen LogP contribution in [-0.2, 0) is 4.79 Å². The van der Waals surface area contributed by atoms with Crippen molar-refractivity contribution in [2.75, 3.05) is 19.6 Å². The van der Waals surface area contributed by atoms with Gasteiger partial charge in [0.05, 0.1) is 0 Å². The van der Waals surface area contributed by atoms with Crippen LogP contribution in [0, 0.1) is 11.3 Å². The van der Waals surface area contributed by atoms with E-state index in [2.05, 4.69) is 24.5 Å². The number of hydrogen-bond acceptors (Lipinski definition) is 2. The zero-order chi connectivity index (χ0) is 12.6. The Hall–Kier alpha value is -0.570. The van der Waals surface area contributed by atoms with Crippen molar-refractivity contribution < 1.29 is 4.79 Å². The van der Waals surface area contributed by atoms with Crippen molar-refractivity contribution in [2.24, 2.45) is 11.3 Å². The molecule has 0 aliphatic carbocycles. The minimum Gasteiger partial charge on any atom is -0.354 e. The van der Waals surface area contributed by atoms with Crippen molar-refractivity contribution in [2.45, 2.75) is 47.5 Å². The van der Waals surface area contributed by atoms with Gasteiger partial charge in [-0.05, 0) is 12.5 Å².